The molecule has 2 rings (SSSR count). The van der Waals surface area contributed by atoms with Gasteiger partial charge in [0.15, 0.2) is 0 Å². The highest BCUT2D eigenvalue weighted by Gasteiger charge is 2.33. The molecule has 2 N–H and O–H groups in total. The van der Waals surface area contributed by atoms with Crippen molar-refractivity contribution in [2.24, 2.45) is 5.41 Å². The number of hydrogen-bond donors (Lipinski definition) is 2. The molecule has 2 amide bonds. The molecule has 1 saturated heterocycles. The summed E-state index contributed by atoms with van der Waals surface area (Å²) in [7, 11) is 0. The van der Waals surface area contributed by atoms with Gasteiger partial charge in [0, 0.05) is 13.0 Å². The van der Waals surface area contributed by atoms with Gasteiger partial charge in [0.25, 0.3) is 0 Å². The highest BCUT2D eigenvalue weighted by atomic mass is 16.5. The SMILES string of the molecule is CCc1ccc([C@H](NC(=O)N2CCO[C@@H](CO)C2)C(C)(C)C)o1. The number of urea groups is 1. The number of morpholine rings is 1. The zero-order valence-electron chi connectivity index (χ0n) is 14.5. The van der Waals surface area contributed by atoms with Crippen molar-refractivity contribution in [2.45, 2.75) is 46.3 Å². The highest BCUT2D eigenvalue weighted by Crippen LogP contribution is 2.34. The lowest BCUT2D eigenvalue weighted by Crippen LogP contribution is -2.52. The number of carbonyl (C=O) groups excluding carboxylic acids is 1. The lowest BCUT2D eigenvalue weighted by atomic mass is 9.85. The molecule has 0 aliphatic carbocycles. The van der Waals surface area contributed by atoms with Crippen LogP contribution in [0.5, 0.6) is 0 Å². The number of amides is 2. The van der Waals surface area contributed by atoms with Crippen molar-refractivity contribution in [2.75, 3.05) is 26.3 Å². The van der Waals surface area contributed by atoms with Crippen molar-refractivity contribution in [1.82, 2.24) is 10.2 Å². The molecule has 0 spiro atoms. The van der Waals surface area contributed by atoms with E-state index < -0.39 is 0 Å². The standard InChI is InChI=1S/C17H28N2O4/c1-5-12-6-7-14(23-12)15(17(2,3)4)18-16(21)19-8-9-22-13(10-19)11-20/h6-7,13,15,20H,5,8-11H2,1-4H3,(H,18,21)/t13-,15+/m1/s1. The van der Waals surface area contributed by atoms with E-state index in [-0.39, 0.29) is 30.2 Å². The van der Waals surface area contributed by atoms with E-state index in [1.807, 2.05) is 19.1 Å². The Hall–Kier alpha value is -1.53. The summed E-state index contributed by atoms with van der Waals surface area (Å²) in [5.41, 5.74) is -0.179. The molecule has 1 aromatic heterocycles. The van der Waals surface area contributed by atoms with Crippen molar-refractivity contribution in [3.63, 3.8) is 0 Å². The zero-order valence-corrected chi connectivity index (χ0v) is 14.5. The maximum Gasteiger partial charge on any atom is 0.318 e. The van der Waals surface area contributed by atoms with Crippen LogP contribution < -0.4 is 5.32 Å². The van der Waals surface area contributed by atoms with Crippen LogP contribution in [-0.4, -0.2) is 48.4 Å². The van der Waals surface area contributed by atoms with Gasteiger partial charge in [-0.2, -0.15) is 0 Å². The molecule has 1 fully saturated rings. The van der Waals surface area contributed by atoms with Gasteiger partial charge in [-0.1, -0.05) is 27.7 Å². The highest BCUT2D eigenvalue weighted by molar-refractivity contribution is 5.75. The summed E-state index contributed by atoms with van der Waals surface area (Å²) in [4.78, 5) is 14.3. The molecule has 2 heterocycles. The molecule has 2 atom stereocenters. The summed E-state index contributed by atoms with van der Waals surface area (Å²) in [6, 6.07) is 3.52. The van der Waals surface area contributed by atoms with Gasteiger partial charge < -0.3 is 24.5 Å². The second-order valence-corrected chi connectivity index (χ2v) is 7.03. The summed E-state index contributed by atoms with van der Waals surface area (Å²) < 4.78 is 11.2. The third kappa shape index (κ3) is 4.48. The van der Waals surface area contributed by atoms with Crippen LogP contribution in [0.3, 0.4) is 0 Å². The summed E-state index contributed by atoms with van der Waals surface area (Å²) in [5, 5.41) is 12.3. The van der Waals surface area contributed by atoms with Gasteiger partial charge in [-0.05, 0) is 17.5 Å². The quantitative estimate of drug-likeness (QED) is 0.891. The minimum Gasteiger partial charge on any atom is -0.464 e. The summed E-state index contributed by atoms with van der Waals surface area (Å²) in [5.74, 6) is 1.69. The number of aliphatic hydroxyl groups is 1. The van der Waals surface area contributed by atoms with E-state index in [2.05, 4.69) is 26.1 Å². The third-order valence-electron chi connectivity index (χ3n) is 4.08. The molecule has 0 radical (unpaired) electrons. The smallest absolute Gasteiger partial charge is 0.318 e. The lowest BCUT2D eigenvalue weighted by Gasteiger charge is -2.36. The van der Waals surface area contributed by atoms with E-state index in [1.54, 1.807) is 4.90 Å². The fourth-order valence-electron chi connectivity index (χ4n) is 2.68. The van der Waals surface area contributed by atoms with Crippen LogP contribution in [-0.2, 0) is 11.2 Å². The molecule has 0 aromatic carbocycles. The average Bonchev–Trinajstić information content (AvgIpc) is 2.99. The van der Waals surface area contributed by atoms with Gasteiger partial charge in [-0.25, -0.2) is 4.79 Å². The Kier molecular flexibility index (Phi) is 5.70. The molecule has 1 aliphatic rings. The van der Waals surface area contributed by atoms with E-state index in [0.29, 0.717) is 19.7 Å². The first-order chi connectivity index (χ1) is 10.8. The van der Waals surface area contributed by atoms with Gasteiger partial charge >= 0.3 is 6.03 Å². The van der Waals surface area contributed by atoms with E-state index in [4.69, 9.17) is 9.15 Å². The van der Waals surface area contributed by atoms with Crippen molar-refractivity contribution >= 4 is 6.03 Å². The van der Waals surface area contributed by atoms with Crippen LogP contribution in [0, 0.1) is 5.41 Å². The largest absolute Gasteiger partial charge is 0.464 e. The van der Waals surface area contributed by atoms with Crippen LogP contribution in [0.4, 0.5) is 4.79 Å². The summed E-state index contributed by atoms with van der Waals surface area (Å²) in [6.45, 7) is 9.54. The molecule has 6 nitrogen and oxygen atoms in total. The number of aryl methyl sites for hydroxylation is 1. The Morgan fingerprint density at radius 1 is 1.48 bits per heavy atom. The summed E-state index contributed by atoms with van der Waals surface area (Å²) in [6.07, 6.45) is 0.518. The molecule has 1 aromatic rings. The average molecular weight is 324 g/mol. The molecule has 0 unspecified atom stereocenters. The van der Waals surface area contributed by atoms with E-state index >= 15 is 0 Å². The first-order valence-electron chi connectivity index (χ1n) is 8.21. The van der Waals surface area contributed by atoms with Crippen LogP contribution in [0.25, 0.3) is 0 Å². The number of hydrogen-bond acceptors (Lipinski definition) is 4. The van der Waals surface area contributed by atoms with Crippen LogP contribution >= 0.6 is 0 Å². The third-order valence-corrected chi connectivity index (χ3v) is 4.08. The predicted molar refractivity (Wildman–Crippen MR) is 87.2 cm³/mol. The maximum atomic E-state index is 12.6. The fraction of sp³-hybridized carbons (Fsp3) is 0.706. The number of ether oxygens (including phenoxy) is 1. The molecule has 0 bridgehead atoms. The maximum absolute atomic E-state index is 12.6. The molecular weight excluding hydrogens is 296 g/mol. The van der Waals surface area contributed by atoms with E-state index in [0.717, 1.165) is 17.9 Å². The van der Waals surface area contributed by atoms with Crippen molar-refractivity contribution < 1.29 is 19.1 Å². The van der Waals surface area contributed by atoms with Crippen LogP contribution in [0.1, 0.15) is 45.3 Å². The lowest BCUT2D eigenvalue weighted by molar-refractivity contribution is -0.0409. The van der Waals surface area contributed by atoms with E-state index in [9.17, 15) is 9.90 Å². The predicted octanol–water partition coefficient (Wildman–Crippen LogP) is 2.33. The van der Waals surface area contributed by atoms with Gasteiger partial charge in [0.1, 0.15) is 11.5 Å². The van der Waals surface area contributed by atoms with Gasteiger partial charge in [0.05, 0.1) is 31.9 Å². The van der Waals surface area contributed by atoms with Crippen molar-refractivity contribution in [3.8, 4) is 0 Å². The minimum absolute atomic E-state index is 0.0788. The first kappa shape index (κ1) is 17.8. The van der Waals surface area contributed by atoms with E-state index in [1.165, 1.54) is 0 Å². The number of rotatable bonds is 4. The number of aliphatic hydroxyl groups excluding tert-OH is 1. The number of nitrogens with one attached hydrogen (secondary N) is 1. The van der Waals surface area contributed by atoms with Gasteiger partial charge in [-0.3, -0.25) is 0 Å². The molecular formula is C17H28N2O4. The molecule has 23 heavy (non-hydrogen) atoms. The normalized spacial score (nSPS) is 20.4. The summed E-state index contributed by atoms with van der Waals surface area (Å²) >= 11 is 0. The number of furan rings is 1. The van der Waals surface area contributed by atoms with Crippen molar-refractivity contribution in [1.29, 1.82) is 0 Å². The van der Waals surface area contributed by atoms with Crippen LogP contribution in [0.2, 0.25) is 0 Å². The Bertz CT molecular complexity index is 521. The number of nitrogens with zero attached hydrogens (tertiary/aromatic N) is 1. The number of carbonyl (C=O) groups is 1. The first-order valence-corrected chi connectivity index (χ1v) is 8.21. The zero-order chi connectivity index (χ0) is 17.0. The molecule has 130 valence electrons. The molecule has 0 saturated carbocycles. The van der Waals surface area contributed by atoms with Gasteiger partial charge in [-0.15, -0.1) is 0 Å². The molecule has 1 aliphatic heterocycles. The second-order valence-electron chi connectivity index (χ2n) is 7.03. The fourth-order valence-corrected chi connectivity index (χ4v) is 2.68. The van der Waals surface area contributed by atoms with Gasteiger partial charge in [0.2, 0.25) is 0 Å². The Balaban J connectivity index is 2.10. The van der Waals surface area contributed by atoms with Crippen LogP contribution in [0.15, 0.2) is 16.5 Å². The monoisotopic (exact) mass is 324 g/mol. The Morgan fingerprint density at radius 2 is 2.22 bits per heavy atom. The van der Waals surface area contributed by atoms with Crippen molar-refractivity contribution in [3.05, 3.63) is 23.7 Å². The second kappa shape index (κ2) is 7.36. The Morgan fingerprint density at radius 3 is 2.78 bits per heavy atom. The molecule has 6 heteroatoms. The topological polar surface area (TPSA) is 74.9 Å². The minimum atomic E-state index is -0.308. The Labute approximate surface area is 137 Å².